The minimum absolute atomic E-state index is 0. The van der Waals surface area contributed by atoms with Crippen molar-refractivity contribution in [3.8, 4) is 0 Å². The van der Waals surface area contributed by atoms with E-state index in [2.05, 4.69) is 91.0 Å². The van der Waals surface area contributed by atoms with Gasteiger partial charge in [0.05, 0.1) is 0 Å². The van der Waals surface area contributed by atoms with E-state index in [1.54, 1.807) is 0 Å². The molecule has 1 nitrogen and oxygen atoms in total. The average molecular weight is 371 g/mol. The Balaban J connectivity index is 0.00000147. The number of rotatable bonds is 3. The molecule has 0 spiro atoms. The molecule has 0 heterocycles. The van der Waals surface area contributed by atoms with Crippen LogP contribution in [0.5, 0.6) is 0 Å². The van der Waals surface area contributed by atoms with Gasteiger partial charge in [0.1, 0.15) is 0 Å². The molecule has 2 N–H and O–H groups in total. The summed E-state index contributed by atoms with van der Waals surface area (Å²) in [5, 5.41) is 0. The molecule has 20 heavy (non-hydrogen) atoms. The fraction of sp³-hybridized carbons (Fsp3) is 0. The van der Waals surface area contributed by atoms with Gasteiger partial charge < -0.3 is 5.48 Å². The second kappa shape index (κ2) is 7.28. The molecule has 0 atom stereocenters. The van der Waals surface area contributed by atoms with Gasteiger partial charge in [-0.3, -0.25) is 0 Å². The Morgan fingerprint density at radius 2 is 0.650 bits per heavy atom. The summed E-state index contributed by atoms with van der Waals surface area (Å²) in [6, 6.07) is 32.9. The molecule has 0 aliphatic heterocycles. The summed E-state index contributed by atoms with van der Waals surface area (Å²) in [5.41, 5.74) is 0. The van der Waals surface area contributed by atoms with Gasteiger partial charge in [0, 0.05) is 0 Å². The van der Waals surface area contributed by atoms with Gasteiger partial charge >= 0.3 is 122 Å². The molecule has 0 aromatic heterocycles. The van der Waals surface area contributed by atoms with Gasteiger partial charge in [0.25, 0.3) is 0 Å². The Morgan fingerprint density at radius 1 is 0.400 bits per heavy atom. The van der Waals surface area contributed by atoms with E-state index in [0.717, 1.165) is 0 Å². The van der Waals surface area contributed by atoms with Crippen molar-refractivity contribution >= 4 is 30.7 Å². The van der Waals surface area contributed by atoms with Gasteiger partial charge in [-0.25, -0.2) is 0 Å². The van der Waals surface area contributed by atoms with Crippen molar-refractivity contribution in [1.29, 1.82) is 0 Å². The molecule has 2 heteroatoms. The van der Waals surface area contributed by atoms with E-state index in [1.165, 1.54) is 10.5 Å². The van der Waals surface area contributed by atoms with Gasteiger partial charge in [-0.2, -0.15) is 0 Å². The van der Waals surface area contributed by atoms with Crippen LogP contribution in [0.4, 0.5) is 0 Å². The predicted molar refractivity (Wildman–Crippen MR) is 87.6 cm³/mol. The van der Waals surface area contributed by atoms with Gasteiger partial charge in [0.15, 0.2) is 0 Å². The van der Waals surface area contributed by atoms with Crippen LogP contribution in [-0.2, 0) is 0 Å². The second-order valence-corrected chi connectivity index (χ2v) is 10.7. The van der Waals surface area contributed by atoms with Crippen LogP contribution in [0.15, 0.2) is 91.0 Å². The second-order valence-electron chi connectivity index (χ2n) is 4.34. The van der Waals surface area contributed by atoms with Crippen LogP contribution < -0.4 is 10.5 Å². The average Bonchev–Trinajstić information content (AvgIpc) is 2.51. The molecule has 0 saturated heterocycles. The number of hydrogen-bond donors (Lipinski definition) is 0. The van der Waals surface area contributed by atoms with Crippen molar-refractivity contribution in [3.05, 3.63) is 91.0 Å². The molecule has 100 valence electrons. The Morgan fingerprint density at radius 3 is 0.900 bits per heavy atom. The van der Waals surface area contributed by atoms with Gasteiger partial charge in [-0.1, -0.05) is 0 Å². The van der Waals surface area contributed by atoms with E-state index in [-0.39, 0.29) is 5.48 Å². The fourth-order valence-electron chi connectivity index (χ4n) is 2.18. The predicted octanol–water partition coefficient (Wildman–Crippen LogP) is 1.38. The molecule has 0 bridgehead atoms. The van der Waals surface area contributed by atoms with E-state index < -0.39 is 20.2 Å². The van der Waals surface area contributed by atoms with Crippen molar-refractivity contribution < 1.29 is 5.48 Å². The fourth-order valence-corrected chi connectivity index (χ4v) is 8.76. The maximum absolute atomic E-state index is 2.28. The maximum atomic E-state index is 2.28. The van der Waals surface area contributed by atoms with E-state index in [4.69, 9.17) is 0 Å². The summed E-state index contributed by atoms with van der Waals surface area (Å²) in [5.74, 6) is 0. The molecular weight excluding hydrogens is 354 g/mol. The quantitative estimate of drug-likeness (QED) is 0.624. The summed E-state index contributed by atoms with van der Waals surface area (Å²) >= 11 is -1.83. The zero-order valence-corrected chi connectivity index (χ0v) is 13.7. The molecule has 0 saturated carbocycles. The first-order chi connectivity index (χ1) is 9.45. The van der Waals surface area contributed by atoms with Gasteiger partial charge in [-0.05, 0) is 0 Å². The van der Waals surface area contributed by atoms with Crippen LogP contribution in [-0.4, -0.2) is 25.7 Å². The number of hydrogen-bond acceptors (Lipinski definition) is 0. The summed E-state index contributed by atoms with van der Waals surface area (Å²) in [6.45, 7) is 0. The van der Waals surface area contributed by atoms with Gasteiger partial charge in [0.2, 0.25) is 0 Å². The van der Waals surface area contributed by atoms with Gasteiger partial charge in [-0.15, -0.1) is 0 Å². The van der Waals surface area contributed by atoms with E-state index in [0.29, 0.717) is 0 Å². The Kier molecular flexibility index (Phi) is 5.40. The standard InChI is InChI=1S/3C6H5.H2O.Sb/c3*1-2-4-6-5-3-1;;/h3*1-5H;1H2;. The monoisotopic (exact) mass is 370 g/mol. The summed E-state index contributed by atoms with van der Waals surface area (Å²) in [6.07, 6.45) is 0. The molecule has 0 unspecified atom stereocenters. The SMILES string of the molecule is O.c1cc[c]([Sb]([c]2ccccc2)[c]2ccccc2)cc1. The van der Waals surface area contributed by atoms with Crippen LogP contribution >= 0.6 is 0 Å². The molecular formula is C18H17OSb. The molecule has 3 rings (SSSR count). The Labute approximate surface area is 127 Å². The Bertz CT molecular complexity index is 529. The van der Waals surface area contributed by atoms with Crippen LogP contribution in [0.2, 0.25) is 0 Å². The van der Waals surface area contributed by atoms with E-state index in [9.17, 15) is 0 Å². The molecule has 3 aromatic rings. The summed E-state index contributed by atoms with van der Waals surface area (Å²) < 4.78 is 4.55. The molecule has 0 radical (unpaired) electrons. The first-order valence-electron chi connectivity index (χ1n) is 6.40. The normalized spacial score (nSPS) is 10.1. The third-order valence-corrected chi connectivity index (χ3v) is 10.0. The molecule has 0 aliphatic carbocycles. The first-order valence-corrected chi connectivity index (χ1v) is 10.2. The zero-order chi connectivity index (χ0) is 12.9. The molecule has 0 amide bonds. The zero-order valence-electron chi connectivity index (χ0n) is 11.1. The van der Waals surface area contributed by atoms with Crippen molar-refractivity contribution in [1.82, 2.24) is 0 Å². The molecule has 0 fully saturated rings. The third kappa shape index (κ3) is 3.30. The number of benzene rings is 3. The third-order valence-electron chi connectivity index (χ3n) is 3.04. The van der Waals surface area contributed by atoms with Crippen LogP contribution in [0, 0.1) is 0 Å². The van der Waals surface area contributed by atoms with Crippen molar-refractivity contribution in [2.45, 2.75) is 0 Å². The van der Waals surface area contributed by atoms with Crippen molar-refractivity contribution in [2.75, 3.05) is 0 Å². The summed E-state index contributed by atoms with van der Waals surface area (Å²) in [7, 11) is 0. The summed E-state index contributed by atoms with van der Waals surface area (Å²) in [4.78, 5) is 0. The molecule has 0 aliphatic rings. The first kappa shape index (κ1) is 14.8. The molecule has 3 aromatic carbocycles. The van der Waals surface area contributed by atoms with Crippen LogP contribution in [0.3, 0.4) is 0 Å². The van der Waals surface area contributed by atoms with Crippen molar-refractivity contribution in [2.24, 2.45) is 0 Å². The Hall–Kier alpha value is -1.56. The minimum atomic E-state index is -1.83. The van der Waals surface area contributed by atoms with Crippen LogP contribution in [0.1, 0.15) is 0 Å². The van der Waals surface area contributed by atoms with Crippen molar-refractivity contribution in [3.63, 3.8) is 0 Å². The topological polar surface area (TPSA) is 31.5 Å². The van der Waals surface area contributed by atoms with E-state index >= 15 is 0 Å². The van der Waals surface area contributed by atoms with Crippen LogP contribution in [0.25, 0.3) is 0 Å². The van der Waals surface area contributed by atoms with E-state index in [1.807, 2.05) is 0 Å².